The average molecular weight is 413 g/mol. The van der Waals surface area contributed by atoms with E-state index in [1.807, 2.05) is 13.8 Å². The Morgan fingerprint density at radius 2 is 2.03 bits per heavy atom. The minimum Gasteiger partial charge on any atom is -0.356 e. The highest BCUT2D eigenvalue weighted by molar-refractivity contribution is 6.07. The highest BCUT2D eigenvalue weighted by atomic mass is 16.2. The van der Waals surface area contributed by atoms with Gasteiger partial charge in [-0.25, -0.2) is 14.3 Å². The summed E-state index contributed by atoms with van der Waals surface area (Å²) < 4.78 is 1.68. The molecule has 1 aliphatic carbocycles. The number of carbonyl (C=O) groups is 3. The molecule has 2 aromatic rings. The Balaban J connectivity index is 1.23. The zero-order chi connectivity index (χ0) is 21.3. The summed E-state index contributed by atoms with van der Waals surface area (Å²) in [4.78, 5) is 46.8. The molecule has 1 saturated heterocycles. The van der Waals surface area contributed by atoms with Gasteiger partial charge in [0.1, 0.15) is 11.9 Å². The zero-order valence-electron chi connectivity index (χ0n) is 17.4. The number of hydrogen-bond acceptors (Lipinski definition) is 6. The van der Waals surface area contributed by atoms with Gasteiger partial charge in [-0.05, 0) is 45.1 Å². The molecular weight excluding hydrogens is 386 g/mol. The molecule has 0 bridgehead atoms. The van der Waals surface area contributed by atoms with Gasteiger partial charge in [-0.2, -0.15) is 10.1 Å². The lowest BCUT2D eigenvalue weighted by Gasteiger charge is -2.20. The van der Waals surface area contributed by atoms with E-state index < -0.39 is 5.54 Å². The van der Waals surface area contributed by atoms with Crippen LogP contribution in [0.1, 0.15) is 55.5 Å². The monoisotopic (exact) mass is 413 g/mol. The number of nitrogens with one attached hydrogen (secondary N) is 2. The smallest absolute Gasteiger partial charge is 0.325 e. The molecule has 0 radical (unpaired) electrons. The molecule has 1 saturated carbocycles. The van der Waals surface area contributed by atoms with Crippen LogP contribution in [0.5, 0.6) is 0 Å². The number of hydrogen-bond donors (Lipinski definition) is 2. The molecule has 1 spiro atoms. The van der Waals surface area contributed by atoms with E-state index in [0.717, 1.165) is 42.6 Å². The fourth-order valence-electron chi connectivity index (χ4n) is 4.51. The van der Waals surface area contributed by atoms with Crippen molar-refractivity contribution in [1.29, 1.82) is 0 Å². The number of aryl methyl sites for hydroxylation is 2. The second kappa shape index (κ2) is 8.00. The van der Waals surface area contributed by atoms with E-state index in [4.69, 9.17) is 0 Å². The highest BCUT2D eigenvalue weighted by Crippen LogP contribution is 2.34. The van der Waals surface area contributed by atoms with E-state index >= 15 is 0 Å². The Bertz CT molecular complexity index is 994. The molecule has 10 nitrogen and oxygen atoms in total. The number of aromatic nitrogens is 4. The van der Waals surface area contributed by atoms with Crippen LogP contribution >= 0.6 is 0 Å². The number of fused-ring (bicyclic) bond motifs is 1. The summed E-state index contributed by atoms with van der Waals surface area (Å²) in [6, 6.07) is -0.310. The molecule has 0 aromatic carbocycles. The minimum atomic E-state index is -0.671. The van der Waals surface area contributed by atoms with Crippen molar-refractivity contribution in [2.75, 3.05) is 13.1 Å². The Hall–Kier alpha value is -3.04. The maximum Gasteiger partial charge on any atom is 0.325 e. The van der Waals surface area contributed by atoms with E-state index in [9.17, 15) is 14.4 Å². The quantitative estimate of drug-likeness (QED) is 0.517. The highest BCUT2D eigenvalue weighted by Gasteiger charge is 2.51. The van der Waals surface area contributed by atoms with Crippen molar-refractivity contribution < 1.29 is 14.4 Å². The van der Waals surface area contributed by atoms with Gasteiger partial charge in [-0.3, -0.25) is 14.5 Å². The molecule has 2 fully saturated rings. The first kappa shape index (κ1) is 20.2. The molecule has 0 atom stereocenters. The van der Waals surface area contributed by atoms with Gasteiger partial charge in [-0.15, -0.1) is 0 Å². The van der Waals surface area contributed by atoms with Gasteiger partial charge in [0, 0.05) is 30.9 Å². The molecule has 160 valence electrons. The van der Waals surface area contributed by atoms with Crippen molar-refractivity contribution in [3.8, 4) is 0 Å². The first-order chi connectivity index (χ1) is 14.4. The molecule has 10 heteroatoms. The molecule has 4 amide bonds. The first-order valence-electron chi connectivity index (χ1n) is 10.5. The van der Waals surface area contributed by atoms with E-state index in [-0.39, 0.29) is 17.8 Å². The largest absolute Gasteiger partial charge is 0.356 e. The van der Waals surface area contributed by atoms with E-state index in [2.05, 4.69) is 25.7 Å². The molecule has 3 heterocycles. The SMILES string of the molecule is Cc1nc2ncnn2c(C)c1CCC(=O)NCCCN1C(=O)NC2(CCCC2)C1=O. The number of urea groups is 1. The summed E-state index contributed by atoms with van der Waals surface area (Å²) in [5, 5.41) is 9.91. The number of amides is 4. The van der Waals surface area contributed by atoms with Gasteiger partial charge in [-0.1, -0.05) is 12.8 Å². The topological polar surface area (TPSA) is 122 Å². The molecule has 1 aliphatic heterocycles. The second-order valence-electron chi connectivity index (χ2n) is 8.11. The number of nitrogens with zero attached hydrogens (tertiary/aromatic N) is 5. The van der Waals surface area contributed by atoms with Crippen LogP contribution in [-0.2, 0) is 16.0 Å². The molecule has 2 N–H and O–H groups in total. The number of rotatable bonds is 7. The van der Waals surface area contributed by atoms with Crippen molar-refractivity contribution in [1.82, 2.24) is 35.1 Å². The zero-order valence-corrected chi connectivity index (χ0v) is 17.4. The number of imide groups is 1. The predicted molar refractivity (Wildman–Crippen MR) is 108 cm³/mol. The summed E-state index contributed by atoms with van der Waals surface area (Å²) in [5.41, 5.74) is 2.10. The maximum absolute atomic E-state index is 12.6. The fraction of sp³-hybridized carbons (Fsp3) is 0.600. The molecule has 2 aromatic heterocycles. The third-order valence-electron chi connectivity index (χ3n) is 6.17. The van der Waals surface area contributed by atoms with Crippen LogP contribution in [0.3, 0.4) is 0 Å². The Morgan fingerprint density at radius 3 is 2.80 bits per heavy atom. The third kappa shape index (κ3) is 3.61. The first-order valence-corrected chi connectivity index (χ1v) is 10.5. The van der Waals surface area contributed by atoms with Gasteiger partial charge in [0.2, 0.25) is 5.91 Å². The minimum absolute atomic E-state index is 0.0723. The van der Waals surface area contributed by atoms with Gasteiger partial charge in [0.15, 0.2) is 0 Å². The summed E-state index contributed by atoms with van der Waals surface area (Å²) in [6.45, 7) is 4.59. The maximum atomic E-state index is 12.6. The van der Waals surface area contributed by atoms with Crippen LogP contribution in [0.15, 0.2) is 6.33 Å². The molecule has 2 aliphatic rings. The summed E-state index contributed by atoms with van der Waals surface area (Å²) >= 11 is 0. The second-order valence-corrected chi connectivity index (χ2v) is 8.11. The van der Waals surface area contributed by atoms with E-state index in [1.54, 1.807) is 4.52 Å². The van der Waals surface area contributed by atoms with Crippen LogP contribution in [-0.4, -0.2) is 61.0 Å². The average Bonchev–Trinajstić information content (AvgIpc) is 3.41. The van der Waals surface area contributed by atoms with Crippen molar-refractivity contribution in [2.24, 2.45) is 0 Å². The fourth-order valence-corrected chi connectivity index (χ4v) is 4.51. The van der Waals surface area contributed by atoms with E-state index in [0.29, 0.717) is 38.1 Å². The van der Waals surface area contributed by atoms with Crippen LogP contribution in [0.4, 0.5) is 4.79 Å². The van der Waals surface area contributed by atoms with Crippen LogP contribution in [0, 0.1) is 13.8 Å². The van der Waals surface area contributed by atoms with Crippen LogP contribution in [0.25, 0.3) is 5.78 Å². The number of carbonyl (C=O) groups excluding carboxylic acids is 3. The van der Waals surface area contributed by atoms with Gasteiger partial charge >= 0.3 is 6.03 Å². The lowest BCUT2D eigenvalue weighted by atomic mass is 9.98. The van der Waals surface area contributed by atoms with Crippen molar-refractivity contribution in [3.63, 3.8) is 0 Å². The van der Waals surface area contributed by atoms with Crippen molar-refractivity contribution in [2.45, 2.75) is 64.3 Å². The molecular formula is C20H27N7O3. The van der Waals surface area contributed by atoms with Crippen LogP contribution < -0.4 is 10.6 Å². The normalized spacial score (nSPS) is 17.9. The standard InChI is InChI=1S/C20H27N7O3/c1-13-15(14(2)27-18(24-13)22-12-23-27)6-7-16(28)21-10-5-11-26-17(29)20(25-19(26)30)8-3-4-9-20/h12H,3-11H2,1-2H3,(H,21,28)(H,25,30). The van der Waals surface area contributed by atoms with Gasteiger partial charge in [0.25, 0.3) is 11.7 Å². The van der Waals surface area contributed by atoms with Crippen LogP contribution in [0.2, 0.25) is 0 Å². The Labute approximate surface area is 174 Å². The summed E-state index contributed by atoms with van der Waals surface area (Å²) in [5.74, 6) is 0.369. The van der Waals surface area contributed by atoms with Gasteiger partial charge in [0.05, 0.1) is 0 Å². The Morgan fingerprint density at radius 1 is 1.27 bits per heavy atom. The lowest BCUT2D eigenvalue weighted by molar-refractivity contribution is -0.131. The molecule has 0 unspecified atom stereocenters. The van der Waals surface area contributed by atoms with Crippen molar-refractivity contribution in [3.05, 3.63) is 23.3 Å². The van der Waals surface area contributed by atoms with Gasteiger partial charge < -0.3 is 10.6 Å². The molecule has 4 rings (SSSR count). The third-order valence-corrected chi connectivity index (χ3v) is 6.17. The van der Waals surface area contributed by atoms with Crippen molar-refractivity contribution >= 4 is 23.6 Å². The van der Waals surface area contributed by atoms with E-state index in [1.165, 1.54) is 11.2 Å². The lowest BCUT2D eigenvalue weighted by Crippen LogP contribution is -2.44. The summed E-state index contributed by atoms with van der Waals surface area (Å²) in [7, 11) is 0. The molecule has 30 heavy (non-hydrogen) atoms. The Kier molecular flexibility index (Phi) is 5.40. The summed E-state index contributed by atoms with van der Waals surface area (Å²) in [6.07, 6.45) is 6.26. The predicted octanol–water partition coefficient (Wildman–Crippen LogP) is 1.04.